The lowest BCUT2D eigenvalue weighted by atomic mass is 10.1. The predicted molar refractivity (Wildman–Crippen MR) is 41.2 cm³/mol. The van der Waals surface area contributed by atoms with Gasteiger partial charge in [-0.05, 0) is 6.42 Å². The maximum absolute atomic E-state index is 4.40. The fraction of sp³-hybridized carbons (Fsp3) is 0.833. The number of nitrogens with zero attached hydrogens (tertiary/aromatic N) is 1. The zero-order valence-corrected chi connectivity index (χ0v) is 6.08. The van der Waals surface area contributed by atoms with Crippen molar-refractivity contribution in [1.29, 1.82) is 0 Å². The molecule has 1 N–H and O–H groups in total. The van der Waals surface area contributed by atoms with E-state index in [0.717, 1.165) is 24.2 Å². The Kier molecular flexibility index (Phi) is 1.47. The van der Waals surface area contributed by atoms with Crippen LogP contribution in [0.4, 0.5) is 0 Å². The summed E-state index contributed by atoms with van der Waals surface area (Å²) in [6.07, 6.45) is 1.18. The van der Waals surface area contributed by atoms with E-state index in [1.165, 1.54) is 12.1 Å². The Bertz CT molecular complexity index is 144. The monoisotopic (exact) mass is 142 g/mol. The normalized spacial score (nSPS) is 33.8. The summed E-state index contributed by atoms with van der Waals surface area (Å²) in [6, 6.07) is 0. The Hall–Kier alpha value is -0.0200. The van der Waals surface area contributed by atoms with Crippen LogP contribution in [0.15, 0.2) is 4.99 Å². The quantitative estimate of drug-likeness (QED) is 0.532. The van der Waals surface area contributed by atoms with Crippen LogP contribution in [-0.4, -0.2) is 29.9 Å². The fourth-order valence-electron chi connectivity index (χ4n) is 1.27. The molecule has 0 aromatic rings. The molecule has 0 bridgehead atoms. The summed E-state index contributed by atoms with van der Waals surface area (Å²) in [5, 5.41) is 4.08. The zero-order chi connectivity index (χ0) is 6.10. The molecule has 2 rings (SSSR count). The van der Waals surface area contributed by atoms with Crippen molar-refractivity contribution in [3.05, 3.63) is 0 Å². The highest BCUT2D eigenvalue weighted by atomic mass is 32.2. The van der Waals surface area contributed by atoms with Crippen molar-refractivity contribution < 1.29 is 0 Å². The van der Waals surface area contributed by atoms with E-state index in [4.69, 9.17) is 0 Å². The summed E-state index contributed by atoms with van der Waals surface area (Å²) < 4.78 is 0. The van der Waals surface area contributed by atoms with Crippen LogP contribution in [0, 0.1) is 0 Å². The molecule has 2 heterocycles. The van der Waals surface area contributed by atoms with Crippen LogP contribution in [0.25, 0.3) is 0 Å². The molecule has 0 saturated carbocycles. The van der Waals surface area contributed by atoms with Gasteiger partial charge in [0, 0.05) is 18.8 Å². The number of fused-ring (bicyclic) bond motifs is 1. The van der Waals surface area contributed by atoms with E-state index < -0.39 is 0 Å². The van der Waals surface area contributed by atoms with Gasteiger partial charge >= 0.3 is 0 Å². The first-order valence-electron chi connectivity index (χ1n) is 3.32. The Morgan fingerprint density at radius 3 is 3.56 bits per heavy atom. The van der Waals surface area contributed by atoms with Crippen molar-refractivity contribution in [3.8, 4) is 0 Å². The van der Waals surface area contributed by atoms with Gasteiger partial charge in [0.15, 0.2) is 0 Å². The largest absolute Gasteiger partial charge is 0.315 e. The highest BCUT2D eigenvalue weighted by Gasteiger charge is 2.23. The standard InChI is InChI=1S/C6H10N2S/c1-2-7-3-6-5(1)8-4-9-6/h6-7H,1-4H2. The molecular weight excluding hydrogens is 132 g/mol. The molecule has 1 unspecified atom stereocenters. The van der Waals surface area contributed by atoms with E-state index in [1.807, 2.05) is 11.8 Å². The van der Waals surface area contributed by atoms with Crippen LogP contribution >= 0.6 is 11.8 Å². The highest BCUT2D eigenvalue weighted by molar-refractivity contribution is 8.01. The third kappa shape index (κ3) is 0.990. The molecule has 50 valence electrons. The Morgan fingerprint density at radius 2 is 2.67 bits per heavy atom. The molecule has 0 spiro atoms. The van der Waals surface area contributed by atoms with E-state index >= 15 is 0 Å². The summed E-state index contributed by atoms with van der Waals surface area (Å²) in [5.74, 6) is 1.00. The maximum atomic E-state index is 4.40. The molecule has 1 atom stereocenters. The molecule has 0 amide bonds. The van der Waals surface area contributed by atoms with Gasteiger partial charge < -0.3 is 5.32 Å². The molecule has 3 heteroatoms. The zero-order valence-electron chi connectivity index (χ0n) is 5.26. The summed E-state index contributed by atoms with van der Waals surface area (Å²) in [5.41, 5.74) is 1.44. The number of hydrogen-bond donors (Lipinski definition) is 1. The average Bonchev–Trinajstić information content (AvgIpc) is 2.33. The van der Waals surface area contributed by atoms with E-state index in [1.54, 1.807) is 0 Å². The molecule has 2 nitrogen and oxygen atoms in total. The van der Waals surface area contributed by atoms with Crippen molar-refractivity contribution in [2.45, 2.75) is 11.7 Å². The van der Waals surface area contributed by atoms with Crippen molar-refractivity contribution in [1.82, 2.24) is 5.32 Å². The fourth-order valence-corrected chi connectivity index (χ4v) is 2.32. The van der Waals surface area contributed by atoms with Crippen LogP contribution in [-0.2, 0) is 0 Å². The average molecular weight is 142 g/mol. The van der Waals surface area contributed by atoms with Crippen molar-refractivity contribution in [2.75, 3.05) is 19.0 Å². The van der Waals surface area contributed by atoms with E-state index in [-0.39, 0.29) is 0 Å². The van der Waals surface area contributed by atoms with Gasteiger partial charge in [0.2, 0.25) is 0 Å². The molecule has 9 heavy (non-hydrogen) atoms. The minimum Gasteiger partial charge on any atom is -0.315 e. The van der Waals surface area contributed by atoms with Gasteiger partial charge in [-0.2, -0.15) is 0 Å². The Morgan fingerprint density at radius 1 is 1.67 bits per heavy atom. The second-order valence-corrected chi connectivity index (χ2v) is 3.55. The van der Waals surface area contributed by atoms with Crippen molar-refractivity contribution in [2.24, 2.45) is 4.99 Å². The predicted octanol–water partition coefficient (Wildman–Crippen LogP) is 0.494. The summed E-state index contributed by atoms with van der Waals surface area (Å²) in [4.78, 5) is 4.40. The first-order valence-corrected chi connectivity index (χ1v) is 4.37. The van der Waals surface area contributed by atoms with Crippen LogP contribution in [0.1, 0.15) is 6.42 Å². The smallest absolute Gasteiger partial charge is 0.0850 e. The van der Waals surface area contributed by atoms with Gasteiger partial charge in [0.05, 0.1) is 11.1 Å². The number of thioether (sulfide) groups is 1. The SMILES string of the molecule is C1CC2=NCSC2CN1. The number of piperidine rings is 1. The number of hydrogen-bond acceptors (Lipinski definition) is 3. The number of aliphatic imine (C=N–C) groups is 1. The molecule has 0 aromatic heterocycles. The minimum absolute atomic E-state index is 0.721. The second kappa shape index (κ2) is 2.31. The highest BCUT2D eigenvalue weighted by Crippen LogP contribution is 2.22. The third-order valence-corrected chi connectivity index (χ3v) is 2.92. The Labute approximate surface area is 59.1 Å². The van der Waals surface area contributed by atoms with Gasteiger partial charge in [-0.15, -0.1) is 11.8 Å². The molecule has 2 aliphatic heterocycles. The van der Waals surface area contributed by atoms with Crippen molar-refractivity contribution in [3.63, 3.8) is 0 Å². The van der Waals surface area contributed by atoms with E-state index in [2.05, 4.69) is 10.3 Å². The first-order chi connectivity index (χ1) is 4.47. The molecule has 0 aliphatic carbocycles. The van der Waals surface area contributed by atoms with Crippen molar-refractivity contribution >= 4 is 17.5 Å². The molecule has 2 aliphatic rings. The van der Waals surface area contributed by atoms with Gasteiger partial charge in [-0.1, -0.05) is 0 Å². The van der Waals surface area contributed by atoms with Gasteiger partial charge in [0.25, 0.3) is 0 Å². The summed E-state index contributed by atoms with van der Waals surface area (Å²) >= 11 is 1.96. The number of nitrogens with one attached hydrogen (secondary N) is 1. The maximum Gasteiger partial charge on any atom is 0.0850 e. The molecule has 0 radical (unpaired) electrons. The van der Waals surface area contributed by atoms with Gasteiger partial charge in [-0.3, -0.25) is 4.99 Å². The van der Waals surface area contributed by atoms with E-state index in [0.29, 0.717) is 0 Å². The molecule has 1 fully saturated rings. The minimum atomic E-state index is 0.721. The lowest BCUT2D eigenvalue weighted by Gasteiger charge is -2.18. The lowest BCUT2D eigenvalue weighted by Crippen LogP contribution is -2.37. The van der Waals surface area contributed by atoms with E-state index in [9.17, 15) is 0 Å². The summed E-state index contributed by atoms with van der Waals surface area (Å²) in [6.45, 7) is 2.28. The van der Waals surface area contributed by atoms with Crippen LogP contribution in [0.5, 0.6) is 0 Å². The van der Waals surface area contributed by atoms with Crippen LogP contribution in [0.2, 0.25) is 0 Å². The van der Waals surface area contributed by atoms with Gasteiger partial charge in [-0.25, -0.2) is 0 Å². The Balaban J connectivity index is 2.09. The molecular formula is C6H10N2S. The van der Waals surface area contributed by atoms with Crippen LogP contribution < -0.4 is 5.32 Å². The van der Waals surface area contributed by atoms with Gasteiger partial charge in [0.1, 0.15) is 0 Å². The topological polar surface area (TPSA) is 24.4 Å². The lowest BCUT2D eigenvalue weighted by molar-refractivity contribution is 0.682. The summed E-state index contributed by atoms with van der Waals surface area (Å²) in [7, 11) is 0. The molecule has 0 aromatic carbocycles. The third-order valence-electron chi connectivity index (χ3n) is 1.80. The second-order valence-electron chi connectivity index (χ2n) is 2.39. The number of rotatable bonds is 0. The first kappa shape index (κ1) is 5.74. The molecule has 1 saturated heterocycles. The van der Waals surface area contributed by atoms with Crippen LogP contribution in [0.3, 0.4) is 0 Å².